The maximum absolute atomic E-state index is 5.62. The number of furan rings is 1. The molecule has 1 atom stereocenters. The lowest BCUT2D eigenvalue weighted by Gasteiger charge is -2.05. The van der Waals surface area contributed by atoms with Crippen molar-refractivity contribution in [2.24, 2.45) is 0 Å². The lowest BCUT2D eigenvalue weighted by Crippen LogP contribution is -2.11. The Bertz CT molecular complexity index is 264. The first-order valence-electron chi connectivity index (χ1n) is 4.71. The lowest BCUT2D eigenvalue weighted by molar-refractivity contribution is 0.161. The van der Waals surface area contributed by atoms with Gasteiger partial charge < -0.3 is 14.5 Å². The van der Waals surface area contributed by atoms with Gasteiger partial charge in [-0.3, -0.25) is 0 Å². The van der Waals surface area contributed by atoms with E-state index in [4.69, 9.17) is 9.15 Å². The molecule has 2 rings (SSSR count). The maximum atomic E-state index is 5.62. The molecule has 72 valence electrons. The van der Waals surface area contributed by atoms with Gasteiger partial charge in [0.2, 0.25) is 0 Å². The molecule has 1 unspecified atom stereocenters. The van der Waals surface area contributed by atoms with Gasteiger partial charge >= 0.3 is 0 Å². The van der Waals surface area contributed by atoms with Crippen LogP contribution in [0.1, 0.15) is 30.4 Å². The minimum absolute atomic E-state index is 0.422. The summed E-state index contributed by atoms with van der Waals surface area (Å²) in [6.07, 6.45) is 2.42. The first kappa shape index (κ1) is 8.78. The summed E-state index contributed by atoms with van der Waals surface area (Å²) < 4.78 is 10.6. The van der Waals surface area contributed by atoms with Crippen LogP contribution in [0.15, 0.2) is 16.5 Å². The summed E-state index contributed by atoms with van der Waals surface area (Å²) >= 11 is 0. The van der Waals surface area contributed by atoms with E-state index in [0.29, 0.717) is 12.6 Å². The third-order valence-electron chi connectivity index (χ3n) is 2.37. The summed E-state index contributed by atoms with van der Waals surface area (Å²) in [5.74, 6) is 1.95. The molecule has 0 amide bonds. The molecule has 0 aromatic carbocycles. The molecular formula is C10H15NO2. The van der Waals surface area contributed by atoms with E-state index in [1.54, 1.807) is 7.11 Å². The molecular weight excluding hydrogens is 166 g/mol. The second-order valence-corrected chi connectivity index (χ2v) is 3.39. The molecule has 0 bridgehead atoms. The zero-order valence-corrected chi connectivity index (χ0v) is 7.88. The van der Waals surface area contributed by atoms with Crippen LogP contribution in [0.2, 0.25) is 0 Å². The van der Waals surface area contributed by atoms with Crippen LogP contribution >= 0.6 is 0 Å². The zero-order chi connectivity index (χ0) is 9.10. The van der Waals surface area contributed by atoms with Crippen LogP contribution in [0.4, 0.5) is 0 Å². The predicted molar refractivity (Wildman–Crippen MR) is 49.4 cm³/mol. The van der Waals surface area contributed by atoms with Crippen molar-refractivity contribution in [3.63, 3.8) is 0 Å². The smallest absolute Gasteiger partial charge is 0.129 e. The molecule has 2 heterocycles. The molecule has 1 aromatic heterocycles. The van der Waals surface area contributed by atoms with Crippen LogP contribution in [-0.4, -0.2) is 13.7 Å². The second-order valence-electron chi connectivity index (χ2n) is 3.39. The van der Waals surface area contributed by atoms with E-state index in [1.165, 1.54) is 12.8 Å². The number of hydrogen-bond acceptors (Lipinski definition) is 3. The number of ether oxygens (including phenoxy) is 1. The Kier molecular flexibility index (Phi) is 2.66. The Morgan fingerprint density at radius 1 is 1.62 bits per heavy atom. The standard InChI is InChI=1S/C10H15NO2/c1-12-7-8-4-5-10(13-8)9-3-2-6-11-9/h4-5,9,11H,2-3,6-7H2,1H3. The summed E-state index contributed by atoms with van der Waals surface area (Å²) in [7, 11) is 1.68. The molecule has 3 heteroatoms. The molecule has 1 fully saturated rings. The number of methoxy groups -OCH3 is 1. The average Bonchev–Trinajstić information content (AvgIpc) is 2.70. The van der Waals surface area contributed by atoms with E-state index in [2.05, 4.69) is 5.32 Å². The van der Waals surface area contributed by atoms with E-state index < -0.39 is 0 Å². The Balaban J connectivity index is 2.03. The third kappa shape index (κ3) is 1.92. The molecule has 0 spiro atoms. The van der Waals surface area contributed by atoms with Gasteiger partial charge in [-0.1, -0.05) is 0 Å². The van der Waals surface area contributed by atoms with Crippen LogP contribution < -0.4 is 5.32 Å². The maximum Gasteiger partial charge on any atom is 0.129 e. The van der Waals surface area contributed by atoms with Gasteiger partial charge in [-0.25, -0.2) is 0 Å². The monoisotopic (exact) mass is 181 g/mol. The summed E-state index contributed by atoms with van der Waals surface area (Å²) in [6, 6.07) is 4.45. The largest absolute Gasteiger partial charge is 0.462 e. The summed E-state index contributed by atoms with van der Waals surface area (Å²) in [6.45, 7) is 1.66. The van der Waals surface area contributed by atoms with Crippen molar-refractivity contribution in [2.75, 3.05) is 13.7 Å². The Labute approximate surface area is 78.1 Å². The molecule has 13 heavy (non-hydrogen) atoms. The Morgan fingerprint density at radius 3 is 3.23 bits per heavy atom. The van der Waals surface area contributed by atoms with Gasteiger partial charge in [-0.2, -0.15) is 0 Å². The SMILES string of the molecule is COCc1ccc(C2CCCN2)o1. The van der Waals surface area contributed by atoms with Gasteiger partial charge in [0.1, 0.15) is 18.1 Å². The quantitative estimate of drug-likeness (QED) is 0.772. The van der Waals surface area contributed by atoms with E-state index >= 15 is 0 Å². The van der Waals surface area contributed by atoms with Gasteiger partial charge in [0, 0.05) is 7.11 Å². The van der Waals surface area contributed by atoms with E-state index in [-0.39, 0.29) is 0 Å². The second kappa shape index (κ2) is 3.94. The minimum Gasteiger partial charge on any atom is -0.462 e. The fourth-order valence-corrected chi connectivity index (χ4v) is 1.73. The van der Waals surface area contributed by atoms with Gasteiger partial charge in [-0.05, 0) is 31.5 Å². The number of rotatable bonds is 3. The van der Waals surface area contributed by atoms with E-state index in [1.807, 2.05) is 12.1 Å². The molecule has 3 nitrogen and oxygen atoms in total. The van der Waals surface area contributed by atoms with E-state index in [0.717, 1.165) is 18.1 Å². The highest BCUT2D eigenvalue weighted by atomic mass is 16.5. The fourth-order valence-electron chi connectivity index (χ4n) is 1.73. The van der Waals surface area contributed by atoms with Gasteiger partial charge in [-0.15, -0.1) is 0 Å². The van der Waals surface area contributed by atoms with Crippen molar-refractivity contribution in [2.45, 2.75) is 25.5 Å². The predicted octanol–water partition coefficient (Wildman–Crippen LogP) is 1.85. The highest BCUT2D eigenvalue weighted by molar-refractivity contribution is 5.11. The van der Waals surface area contributed by atoms with E-state index in [9.17, 15) is 0 Å². The number of hydrogen-bond donors (Lipinski definition) is 1. The minimum atomic E-state index is 0.422. The molecule has 1 aliphatic heterocycles. The molecule has 1 aliphatic rings. The molecule has 1 saturated heterocycles. The van der Waals surface area contributed by atoms with Gasteiger partial charge in [0.15, 0.2) is 0 Å². The molecule has 1 aromatic rings. The number of nitrogens with one attached hydrogen (secondary N) is 1. The average molecular weight is 181 g/mol. The van der Waals surface area contributed by atoms with Crippen LogP contribution in [0.3, 0.4) is 0 Å². The van der Waals surface area contributed by atoms with Crippen molar-refractivity contribution in [3.8, 4) is 0 Å². The first-order valence-corrected chi connectivity index (χ1v) is 4.71. The normalized spacial score (nSPS) is 22.4. The molecule has 1 N–H and O–H groups in total. The molecule has 0 aliphatic carbocycles. The summed E-state index contributed by atoms with van der Waals surface area (Å²) in [5.41, 5.74) is 0. The topological polar surface area (TPSA) is 34.4 Å². The Morgan fingerprint density at radius 2 is 2.54 bits per heavy atom. The lowest BCUT2D eigenvalue weighted by atomic mass is 10.2. The fraction of sp³-hybridized carbons (Fsp3) is 0.600. The van der Waals surface area contributed by atoms with Crippen molar-refractivity contribution in [1.82, 2.24) is 5.32 Å². The van der Waals surface area contributed by atoms with Crippen molar-refractivity contribution < 1.29 is 9.15 Å². The Hall–Kier alpha value is -0.800. The third-order valence-corrected chi connectivity index (χ3v) is 2.37. The van der Waals surface area contributed by atoms with Crippen molar-refractivity contribution in [3.05, 3.63) is 23.7 Å². The van der Waals surface area contributed by atoms with Gasteiger partial charge in [0.05, 0.1) is 6.04 Å². The van der Waals surface area contributed by atoms with Crippen LogP contribution in [0, 0.1) is 0 Å². The summed E-state index contributed by atoms with van der Waals surface area (Å²) in [5, 5.41) is 3.39. The van der Waals surface area contributed by atoms with Crippen LogP contribution in [0.25, 0.3) is 0 Å². The van der Waals surface area contributed by atoms with Gasteiger partial charge in [0.25, 0.3) is 0 Å². The van der Waals surface area contributed by atoms with Crippen LogP contribution in [-0.2, 0) is 11.3 Å². The van der Waals surface area contributed by atoms with Crippen molar-refractivity contribution >= 4 is 0 Å². The first-order chi connectivity index (χ1) is 6.40. The van der Waals surface area contributed by atoms with Crippen LogP contribution in [0.5, 0.6) is 0 Å². The highest BCUT2D eigenvalue weighted by Crippen LogP contribution is 2.24. The zero-order valence-electron chi connectivity index (χ0n) is 7.88. The van der Waals surface area contributed by atoms with Crippen molar-refractivity contribution in [1.29, 1.82) is 0 Å². The highest BCUT2D eigenvalue weighted by Gasteiger charge is 2.19. The molecule has 0 radical (unpaired) electrons. The summed E-state index contributed by atoms with van der Waals surface area (Å²) in [4.78, 5) is 0. The molecule has 0 saturated carbocycles.